The van der Waals surface area contributed by atoms with Crippen LogP contribution in [0.2, 0.25) is 0 Å². The summed E-state index contributed by atoms with van der Waals surface area (Å²) in [7, 11) is 4.07. The first-order valence-electron chi connectivity index (χ1n) is 13.7. The van der Waals surface area contributed by atoms with Crippen LogP contribution in [0, 0.1) is 6.20 Å². The van der Waals surface area contributed by atoms with Crippen LogP contribution in [-0.4, -0.2) is 60.7 Å². The Labute approximate surface area is 275 Å². The molecule has 0 amide bonds. The van der Waals surface area contributed by atoms with Gasteiger partial charge in [0.2, 0.25) is 0 Å². The van der Waals surface area contributed by atoms with Crippen molar-refractivity contribution in [2.45, 2.75) is 78.0 Å². The van der Waals surface area contributed by atoms with Crippen LogP contribution < -0.4 is 5.32 Å². The largest absolute Gasteiger partial charge is 0.556 e. The number of esters is 2. The van der Waals surface area contributed by atoms with Crippen molar-refractivity contribution in [2.24, 2.45) is 0 Å². The van der Waals surface area contributed by atoms with Gasteiger partial charge >= 0.3 is 11.9 Å². The number of nitrogens with zero attached hydrogens (tertiary/aromatic N) is 2. The summed E-state index contributed by atoms with van der Waals surface area (Å²) >= 11 is 1.55. The number of carbonyl (C=O) groups is 2. The number of fused-ring (bicyclic) bond motifs is 2. The van der Waals surface area contributed by atoms with E-state index in [9.17, 15) is 9.59 Å². The van der Waals surface area contributed by atoms with Crippen molar-refractivity contribution in [2.75, 3.05) is 20.6 Å². The van der Waals surface area contributed by atoms with Gasteiger partial charge in [-0.3, -0.25) is 6.58 Å². The number of hydrogen-bond acceptors (Lipinski definition) is 8. The number of aryl methyl sites for hydroxylation is 1. The zero-order valence-electron chi connectivity index (χ0n) is 25.3. The van der Waals surface area contributed by atoms with Crippen molar-refractivity contribution in [3.05, 3.63) is 88.1 Å². The number of carbonyl (C=O) groups excluding carboxylic acids is 2. The minimum absolute atomic E-state index is 0. The predicted octanol–water partition coefficient (Wildman–Crippen LogP) is 5.67. The monoisotopic (exact) mass is 655 g/mol. The topological polar surface area (TPSA) is 80.8 Å². The summed E-state index contributed by atoms with van der Waals surface area (Å²) in [6.07, 6.45) is 18.1. The molecule has 0 fully saturated rings. The molecule has 9 heteroatoms. The van der Waals surface area contributed by atoms with Gasteiger partial charge in [0.15, 0.2) is 0 Å². The number of rotatable bonds is 7. The molecule has 2 bridgehead atoms. The van der Waals surface area contributed by atoms with Gasteiger partial charge in [-0.05, 0) is 67.1 Å². The van der Waals surface area contributed by atoms with Crippen molar-refractivity contribution in [1.82, 2.24) is 15.2 Å². The molecule has 0 aromatic carbocycles. The number of hydrogen-bond donors (Lipinski definition) is 1. The summed E-state index contributed by atoms with van der Waals surface area (Å²) in [6.45, 7) is 12.3. The number of likely N-dealkylation sites (N-methyl/N-ethyl adjacent to an activating group) is 1. The third kappa shape index (κ3) is 15.6. The van der Waals surface area contributed by atoms with E-state index < -0.39 is 18.1 Å². The Kier molecular flexibility index (Phi) is 17.9. The van der Waals surface area contributed by atoms with Crippen molar-refractivity contribution in [3.63, 3.8) is 0 Å². The Hall–Kier alpha value is -2.13. The van der Waals surface area contributed by atoms with Gasteiger partial charge in [0, 0.05) is 63.6 Å². The molecule has 2 heterocycles. The second kappa shape index (κ2) is 19.9. The Morgan fingerprint density at radius 3 is 2.66 bits per heavy atom. The fourth-order valence-corrected chi connectivity index (χ4v) is 4.93. The number of ether oxygens (including phenoxy) is 2. The van der Waals surface area contributed by atoms with Gasteiger partial charge < -0.3 is 25.9 Å². The third-order valence-electron chi connectivity index (χ3n) is 6.11. The molecular formula is C32H44N3O4SY-. The van der Waals surface area contributed by atoms with E-state index >= 15 is 0 Å². The van der Waals surface area contributed by atoms with Crippen LogP contribution in [0.5, 0.6) is 0 Å². The average Bonchev–Trinajstić information content (AvgIpc) is 3.31. The second-order valence-electron chi connectivity index (χ2n) is 10.5. The van der Waals surface area contributed by atoms with Crippen LogP contribution in [0.4, 0.5) is 0 Å². The summed E-state index contributed by atoms with van der Waals surface area (Å²) in [5.74, 6) is -0.747. The summed E-state index contributed by atoms with van der Waals surface area (Å²) in [6, 6.07) is -0.512. The van der Waals surface area contributed by atoms with E-state index in [1.165, 1.54) is 11.6 Å². The standard InChI is InChI=1S/C32H44N3O4S.Y/c1-8-33-29-13-10-12-27-22-40-30(34-27)21-28(20-25(4)16-15-23(2)17-18-35(6)7)39-31(36)14-9-11-24(3)19-26(5)38-32(29)37;/h9,11,14-17,20,22,26,28-29,33H,1,10,12-13,18-19,21H2,2-7H3;/q-1;/b14-9-,16-15+,23-17+,24-11+,25-20+;. The molecule has 0 aliphatic carbocycles. The number of nitrogens with one attached hydrogen (secondary N) is 1. The molecule has 0 saturated carbocycles. The molecule has 1 radical (unpaired) electrons. The Morgan fingerprint density at radius 1 is 1.22 bits per heavy atom. The normalized spacial score (nSPS) is 24.2. The number of aromatic nitrogens is 1. The van der Waals surface area contributed by atoms with Gasteiger partial charge in [-0.15, -0.1) is 11.3 Å². The summed E-state index contributed by atoms with van der Waals surface area (Å²) in [5, 5.41) is 5.82. The van der Waals surface area contributed by atoms with Crippen LogP contribution in [0.3, 0.4) is 0 Å². The molecule has 7 nitrogen and oxygen atoms in total. The first-order chi connectivity index (χ1) is 19.0. The van der Waals surface area contributed by atoms with E-state index in [0.717, 1.165) is 41.2 Å². The molecule has 1 aromatic rings. The van der Waals surface area contributed by atoms with Crippen molar-refractivity contribution < 1.29 is 51.8 Å². The van der Waals surface area contributed by atoms with Crippen LogP contribution in [-0.2, 0) is 64.6 Å². The fourth-order valence-electron chi connectivity index (χ4n) is 4.05. The molecule has 3 unspecified atom stereocenters. The fraction of sp³-hybridized carbons (Fsp3) is 0.469. The summed E-state index contributed by atoms with van der Waals surface area (Å²) in [4.78, 5) is 32.3. The minimum atomic E-state index is -0.512. The van der Waals surface area contributed by atoms with E-state index in [0.29, 0.717) is 19.3 Å². The van der Waals surface area contributed by atoms with E-state index in [4.69, 9.17) is 14.5 Å². The molecule has 1 aliphatic rings. The van der Waals surface area contributed by atoms with Crippen molar-refractivity contribution in [1.29, 1.82) is 0 Å². The maximum atomic E-state index is 12.7. The number of thiazole rings is 1. The van der Waals surface area contributed by atoms with Crippen LogP contribution in [0.25, 0.3) is 0 Å². The Bertz CT molecular complexity index is 1150. The maximum Gasteiger partial charge on any atom is 0.331 e. The van der Waals surface area contributed by atoms with Gasteiger partial charge in [-0.1, -0.05) is 47.1 Å². The van der Waals surface area contributed by atoms with Gasteiger partial charge in [-0.25, -0.2) is 14.6 Å². The first kappa shape index (κ1) is 36.9. The zero-order valence-corrected chi connectivity index (χ0v) is 29.0. The van der Waals surface area contributed by atoms with E-state index in [1.54, 1.807) is 17.4 Å². The summed E-state index contributed by atoms with van der Waals surface area (Å²) in [5.41, 5.74) is 4.10. The molecule has 2 rings (SSSR count). The molecule has 1 aromatic heterocycles. The minimum Gasteiger partial charge on any atom is -0.556 e. The van der Waals surface area contributed by atoms with Crippen LogP contribution in [0.1, 0.15) is 57.7 Å². The molecule has 0 spiro atoms. The Morgan fingerprint density at radius 2 is 1.95 bits per heavy atom. The average molecular weight is 656 g/mol. The van der Waals surface area contributed by atoms with E-state index in [2.05, 4.69) is 42.1 Å². The molecule has 1 aliphatic heterocycles. The molecular weight excluding hydrogens is 611 g/mol. The molecule has 1 N–H and O–H groups in total. The molecule has 3 atom stereocenters. The van der Waals surface area contributed by atoms with Crippen molar-refractivity contribution in [3.8, 4) is 0 Å². The smallest absolute Gasteiger partial charge is 0.331 e. The number of allylic oxidation sites excluding steroid dienone is 6. The Balaban J connectivity index is 0.00000840. The van der Waals surface area contributed by atoms with Crippen LogP contribution in [0.15, 0.2) is 71.2 Å². The summed E-state index contributed by atoms with van der Waals surface area (Å²) < 4.78 is 11.5. The van der Waals surface area contributed by atoms with Gasteiger partial charge in [0.25, 0.3) is 0 Å². The molecule has 41 heavy (non-hydrogen) atoms. The molecule has 221 valence electrons. The number of cyclic esters (lactones) is 2. The second-order valence-corrected chi connectivity index (χ2v) is 11.4. The predicted molar refractivity (Wildman–Crippen MR) is 163 cm³/mol. The first-order valence-corrected chi connectivity index (χ1v) is 14.6. The van der Waals surface area contributed by atoms with Crippen LogP contribution >= 0.6 is 11.3 Å². The third-order valence-corrected chi connectivity index (χ3v) is 7.03. The van der Waals surface area contributed by atoms with E-state index in [-0.39, 0.29) is 44.8 Å². The maximum absolute atomic E-state index is 12.7. The SMILES string of the molecule is C=[C-]NC1CCCc2csc(n2)CC(/C=C(C)/C=C/C(C)=C/CN(C)C)OC(=O)/C=C\C=C(/C)CC(C)OC1=O.[Y]. The molecule has 0 saturated heterocycles. The van der Waals surface area contributed by atoms with Gasteiger partial charge in [-0.2, -0.15) is 0 Å². The van der Waals surface area contributed by atoms with Gasteiger partial charge in [0.05, 0.1) is 16.7 Å². The zero-order chi connectivity index (χ0) is 29.5. The van der Waals surface area contributed by atoms with E-state index in [1.807, 2.05) is 58.5 Å². The van der Waals surface area contributed by atoms with Gasteiger partial charge in [0.1, 0.15) is 12.2 Å². The van der Waals surface area contributed by atoms with Crippen molar-refractivity contribution >= 4 is 23.3 Å². The quantitative estimate of drug-likeness (QED) is 0.176.